The molecule has 0 spiro atoms. The average Bonchev–Trinajstić information content (AvgIpc) is 2.67. The second-order valence-electron chi connectivity index (χ2n) is 1.92. The SMILES string of the molecule is [C-]1=CCCO1.[C-]1=CCCO1.[Cu+2]. The van der Waals surface area contributed by atoms with Gasteiger partial charge in [0.25, 0.3) is 0 Å². The average molecular weight is 202 g/mol. The third-order valence-corrected chi connectivity index (χ3v) is 1.06. The van der Waals surface area contributed by atoms with Gasteiger partial charge in [0.15, 0.2) is 0 Å². The van der Waals surface area contributed by atoms with Crippen LogP contribution in [-0.4, -0.2) is 13.2 Å². The zero-order chi connectivity index (χ0) is 7.07. The van der Waals surface area contributed by atoms with E-state index in [1.54, 1.807) is 0 Å². The molecule has 2 heterocycles. The maximum absolute atomic E-state index is 4.64. The second kappa shape index (κ2) is 7.70. The van der Waals surface area contributed by atoms with E-state index >= 15 is 0 Å². The van der Waals surface area contributed by atoms with Gasteiger partial charge in [0.2, 0.25) is 0 Å². The van der Waals surface area contributed by atoms with E-state index in [1.807, 2.05) is 12.2 Å². The van der Waals surface area contributed by atoms with Crippen LogP contribution in [0.4, 0.5) is 0 Å². The molecular formula is C8H10CuO2. The zero-order valence-corrected chi connectivity index (χ0v) is 7.04. The van der Waals surface area contributed by atoms with Crippen LogP contribution >= 0.6 is 0 Å². The molecule has 0 aliphatic carbocycles. The molecule has 0 amide bonds. The quantitative estimate of drug-likeness (QED) is 0.436. The summed E-state index contributed by atoms with van der Waals surface area (Å²) < 4.78 is 9.28. The Morgan fingerprint density at radius 2 is 1.36 bits per heavy atom. The molecule has 65 valence electrons. The minimum atomic E-state index is 0. The molecule has 2 aliphatic rings. The van der Waals surface area contributed by atoms with Crippen LogP contribution in [0, 0.1) is 12.5 Å². The van der Waals surface area contributed by atoms with E-state index in [4.69, 9.17) is 0 Å². The fourth-order valence-electron chi connectivity index (χ4n) is 0.589. The van der Waals surface area contributed by atoms with Crippen molar-refractivity contribution < 1.29 is 26.5 Å². The molecular weight excluding hydrogens is 192 g/mol. The summed E-state index contributed by atoms with van der Waals surface area (Å²) in [5.41, 5.74) is 0. The Morgan fingerprint density at radius 1 is 0.909 bits per heavy atom. The first-order chi connectivity index (χ1) is 5.00. The van der Waals surface area contributed by atoms with Crippen molar-refractivity contribution in [3.8, 4) is 0 Å². The van der Waals surface area contributed by atoms with Crippen molar-refractivity contribution >= 4 is 0 Å². The summed E-state index contributed by atoms with van der Waals surface area (Å²) in [5.74, 6) is 0. The van der Waals surface area contributed by atoms with Crippen LogP contribution in [0.2, 0.25) is 0 Å². The Bertz CT molecular complexity index is 104. The van der Waals surface area contributed by atoms with Crippen molar-refractivity contribution in [2.45, 2.75) is 12.8 Å². The summed E-state index contributed by atoms with van der Waals surface area (Å²) in [6, 6.07) is 0. The molecule has 0 aromatic rings. The summed E-state index contributed by atoms with van der Waals surface area (Å²) in [5, 5.41) is 0. The van der Waals surface area contributed by atoms with Crippen LogP contribution in [-0.2, 0) is 26.5 Å². The van der Waals surface area contributed by atoms with Gasteiger partial charge in [0.05, 0.1) is 0 Å². The van der Waals surface area contributed by atoms with Crippen molar-refractivity contribution in [1.82, 2.24) is 0 Å². The molecule has 0 fully saturated rings. The van der Waals surface area contributed by atoms with Gasteiger partial charge in [0.1, 0.15) is 0 Å². The van der Waals surface area contributed by atoms with Gasteiger partial charge in [-0.25, -0.2) is 12.2 Å². The van der Waals surface area contributed by atoms with Crippen LogP contribution in [0.25, 0.3) is 0 Å². The molecule has 0 unspecified atom stereocenters. The molecule has 0 aromatic heterocycles. The minimum Gasteiger partial charge on any atom is -0.693 e. The fraction of sp³-hybridized carbons (Fsp3) is 0.500. The van der Waals surface area contributed by atoms with Crippen LogP contribution in [0.3, 0.4) is 0 Å². The first kappa shape index (κ1) is 10.6. The van der Waals surface area contributed by atoms with E-state index in [1.165, 1.54) is 0 Å². The summed E-state index contributed by atoms with van der Waals surface area (Å²) >= 11 is 0. The zero-order valence-electron chi connectivity index (χ0n) is 6.10. The number of ether oxygens (including phenoxy) is 2. The van der Waals surface area contributed by atoms with Gasteiger partial charge < -0.3 is 22.0 Å². The summed E-state index contributed by atoms with van der Waals surface area (Å²) in [7, 11) is 0. The standard InChI is InChI=1S/2C4H5O.Cu/c2*1-2-4-5-3-1;/h2*1H,2,4H2;/q2*-1;+2. The molecule has 2 nitrogen and oxygen atoms in total. The van der Waals surface area contributed by atoms with Gasteiger partial charge in [-0.1, -0.05) is 0 Å². The van der Waals surface area contributed by atoms with Gasteiger partial charge >= 0.3 is 17.1 Å². The maximum Gasteiger partial charge on any atom is 2.00 e. The molecule has 3 heteroatoms. The second-order valence-corrected chi connectivity index (χ2v) is 1.92. The third-order valence-electron chi connectivity index (χ3n) is 1.06. The molecule has 0 bridgehead atoms. The number of hydrogen-bond donors (Lipinski definition) is 0. The third kappa shape index (κ3) is 6.02. The molecule has 1 radical (unpaired) electrons. The van der Waals surface area contributed by atoms with E-state index in [0.29, 0.717) is 0 Å². The molecule has 0 saturated carbocycles. The fourth-order valence-corrected chi connectivity index (χ4v) is 0.589. The van der Waals surface area contributed by atoms with Crippen LogP contribution in [0.5, 0.6) is 0 Å². The van der Waals surface area contributed by atoms with Gasteiger partial charge in [-0.2, -0.15) is 0 Å². The summed E-state index contributed by atoms with van der Waals surface area (Å²) in [6.07, 6.45) is 11.1. The van der Waals surface area contributed by atoms with Crippen molar-refractivity contribution in [2.75, 3.05) is 13.2 Å². The molecule has 2 aliphatic heterocycles. The first-order valence-electron chi connectivity index (χ1n) is 3.38. The molecule has 0 saturated heterocycles. The normalized spacial score (nSPS) is 17.5. The monoisotopic (exact) mass is 201 g/mol. The Morgan fingerprint density at radius 3 is 1.45 bits per heavy atom. The minimum absolute atomic E-state index is 0. The Hall–Kier alpha value is -0.401. The predicted molar refractivity (Wildman–Crippen MR) is 36.8 cm³/mol. The van der Waals surface area contributed by atoms with Gasteiger partial charge in [0, 0.05) is 13.2 Å². The predicted octanol–water partition coefficient (Wildman–Crippen LogP) is 1.44. The molecule has 0 atom stereocenters. The van der Waals surface area contributed by atoms with E-state index < -0.39 is 0 Å². The largest absolute Gasteiger partial charge is 2.00 e. The van der Waals surface area contributed by atoms with E-state index in [9.17, 15) is 0 Å². The number of rotatable bonds is 0. The Balaban J connectivity index is 0.000000167. The summed E-state index contributed by atoms with van der Waals surface area (Å²) in [6.45, 7) is 1.67. The van der Waals surface area contributed by atoms with E-state index in [0.717, 1.165) is 26.1 Å². The van der Waals surface area contributed by atoms with Crippen molar-refractivity contribution in [2.24, 2.45) is 0 Å². The topological polar surface area (TPSA) is 18.5 Å². The smallest absolute Gasteiger partial charge is 0.693 e. The van der Waals surface area contributed by atoms with Crippen molar-refractivity contribution in [3.05, 3.63) is 24.7 Å². The van der Waals surface area contributed by atoms with Crippen LogP contribution in [0.15, 0.2) is 12.2 Å². The maximum atomic E-state index is 4.64. The first-order valence-corrected chi connectivity index (χ1v) is 3.38. The Labute approximate surface area is 77.7 Å². The van der Waals surface area contributed by atoms with Gasteiger partial charge in [-0.15, -0.1) is 0 Å². The Kier molecular flexibility index (Phi) is 7.42. The molecule has 11 heavy (non-hydrogen) atoms. The van der Waals surface area contributed by atoms with Crippen LogP contribution in [0.1, 0.15) is 12.8 Å². The van der Waals surface area contributed by atoms with Crippen LogP contribution < -0.4 is 0 Å². The van der Waals surface area contributed by atoms with E-state index in [2.05, 4.69) is 22.0 Å². The van der Waals surface area contributed by atoms with Crippen molar-refractivity contribution in [1.29, 1.82) is 0 Å². The number of hydrogen-bond acceptors (Lipinski definition) is 2. The van der Waals surface area contributed by atoms with Gasteiger partial charge in [-0.05, 0) is 12.8 Å². The molecule has 0 aromatic carbocycles. The van der Waals surface area contributed by atoms with Crippen molar-refractivity contribution in [3.63, 3.8) is 0 Å². The van der Waals surface area contributed by atoms with Gasteiger partial charge in [-0.3, -0.25) is 0 Å². The van der Waals surface area contributed by atoms with E-state index in [-0.39, 0.29) is 17.1 Å². The summed E-state index contributed by atoms with van der Waals surface area (Å²) in [4.78, 5) is 0. The molecule has 0 N–H and O–H groups in total. The molecule has 2 rings (SSSR count).